The molecule has 18 rings (SSSR count). The number of amides is 5. The quantitative estimate of drug-likeness (QED) is 0.0745. The number of hydrogen-bond donors (Lipinski definition) is 5. The number of piperidine rings is 4. The number of fused-ring (bicyclic) bond motifs is 4. The number of aryl methyl sites for hydroxylation is 3. The summed E-state index contributed by atoms with van der Waals surface area (Å²) in [6.45, 7) is 8.50. The van der Waals surface area contributed by atoms with E-state index in [-0.39, 0.29) is 58.7 Å². The first-order valence-electron chi connectivity index (χ1n) is 38.8. The van der Waals surface area contributed by atoms with Gasteiger partial charge in [-0.15, -0.1) is 0 Å². The molecule has 1 saturated carbocycles. The van der Waals surface area contributed by atoms with E-state index < -0.39 is 0 Å². The molecule has 6 aliphatic rings. The van der Waals surface area contributed by atoms with Crippen molar-refractivity contribution in [3.63, 3.8) is 0 Å². The van der Waals surface area contributed by atoms with Gasteiger partial charge in [0.05, 0.1) is 11.6 Å². The summed E-state index contributed by atoms with van der Waals surface area (Å²) in [5.41, 5.74) is 12.9. The third-order valence-electron chi connectivity index (χ3n) is 23.6. The molecular formula is C86H94F4N14O5. The van der Waals surface area contributed by atoms with Crippen molar-refractivity contribution in [3.05, 3.63) is 227 Å². The van der Waals surface area contributed by atoms with Crippen LogP contribution in [0, 0.1) is 29.2 Å². The van der Waals surface area contributed by atoms with Crippen LogP contribution in [-0.2, 0) is 30.1 Å². The summed E-state index contributed by atoms with van der Waals surface area (Å²) in [6.07, 6.45) is 24.0. The van der Waals surface area contributed by atoms with Crippen LogP contribution in [0.5, 0.6) is 0 Å². The molecule has 0 bridgehead atoms. The van der Waals surface area contributed by atoms with E-state index in [9.17, 15) is 41.5 Å². The van der Waals surface area contributed by atoms with Gasteiger partial charge in [-0.2, -0.15) is 10.2 Å². The van der Waals surface area contributed by atoms with Crippen LogP contribution >= 0.6 is 0 Å². The van der Waals surface area contributed by atoms with Crippen molar-refractivity contribution in [2.24, 2.45) is 20.0 Å². The standard InChI is InChI=1S/C24H23FN4O.C23H28FN3O2.C20H23FN4O.C19H20FN3O/c1-28-23(14-21(27-28)17-5-3-2-4-6-17)24(30)29-11-9-16(10-12-29)20-15-26-22-13-18(25)7-8-19(20)22;24-17-5-6-19-20(13-25-21(19)12-17)15-7-9-26(10-8-15)23(29)16-11-22(28)27(14-16)18-3-1-2-4-18;1-2-3-15-11-19(24-23-15)20(26)25-8-6-13(7-9-25)17-12-22-18-10-14(21)4-5-16(17)18;1-22-8-2-3-18(22)19(24)23-9-6-13(7-10-23)16-12-21-17-11-14(20)4-5-15(16)17/h2-8,13-16,26H,9-12H2,1H3;5-6,12-13,15-16,18,25H,1-4,7-11,14H2;4-5,10-13,22H,2-3,6-9H2,1H3,(H,23,24);2-5,8,11-13,21H,6-7,9-10H2,1H3. The number of carbonyl (C=O) groups is 5. The number of nitrogens with one attached hydrogen (secondary N) is 5. The van der Waals surface area contributed by atoms with E-state index >= 15 is 0 Å². The number of carbonyl (C=O) groups excluding carboxylic acids is 5. The average Bonchev–Trinajstić information content (AvgIpc) is 1.75. The lowest BCUT2D eigenvalue weighted by Crippen LogP contribution is -2.42. The molecule has 7 aromatic heterocycles. The molecule has 0 spiro atoms. The monoisotopic (exact) mass is 1480 g/mol. The van der Waals surface area contributed by atoms with E-state index in [1.807, 2.05) is 153 Å². The van der Waals surface area contributed by atoms with Gasteiger partial charge >= 0.3 is 0 Å². The first-order valence-corrected chi connectivity index (χ1v) is 38.8. The fourth-order valence-electron chi connectivity index (χ4n) is 17.6. The molecule has 1 atom stereocenters. The third kappa shape index (κ3) is 16.0. The van der Waals surface area contributed by atoms with E-state index in [1.165, 1.54) is 83.6 Å². The van der Waals surface area contributed by atoms with Crippen molar-refractivity contribution in [1.29, 1.82) is 0 Å². The van der Waals surface area contributed by atoms with Gasteiger partial charge in [-0.3, -0.25) is 33.8 Å². The Morgan fingerprint density at radius 3 is 1.32 bits per heavy atom. The van der Waals surface area contributed by atoms with Gasteiger partial charge in [-0.1, -0.05) is 56.5 Å². The van der Waals surface area contributed by atoms with Crippen LogP contribution in [0.3, 0.4) is 0 Å². The lowest BCUT2D eigenvalue weighted by atomic mass is 9.88. The van der Waals surface area contributed by atoms with Gasteiger partial charge in [0.1, 0.15) is 40.4 Å². The summed E-state index contributed by atoms with van der Waals surface area (Å²) in [4.78, 5) is 86.2. The molecule has 12 heterocycles. The summed E-state index contributed by atoms with van der Waals surface area (Å²) < 4.78 is 57.1. The maximum absolute atomic E-state index is 13.5. The van der Waals surface area contributed by atoms with Gasteiger partial charge in [-0.05, 0) is 214 Å². The van der Waals surface area contributed by atoms with Gasteiger partial charge in [0.15, 0.2) is 0 Å². The van der Waals surface area contributed by atoms with E-state index in [2.05, 4.69) is 42.2 Å². The molecule has 12 aromatic rings. The van der Waals surface area contributed by atoms with Gasteiger partial charge in [0.25, 0.3) is 17.7 Å². The van der Waals surface area contributed by atoms with Crippen molar-refractivity contribution < 1.29 is 41.5 Å². The number of likely N-dealkylation sites (tertiary alicyclic amines) is 5. The molecule has 19 nitrogen and oxygen atoms in total. The van der Waals surface area contributed by atoms with Crippen molar-refractivity contribution in [2.75, 3.05) is 58.9 Å². The van der Waals surface area contributed by atoms with Crippen molar-refractivity contribution in [1.82, 2.24) is 69.0 Å². The molecular weight excluding hydrogens is 1390 g/mol. The predicted molar refractivity (Wildman–Crippen MR) is 414 cm³/mol. The fourth-order valence-corrected chi connectivity index (χ4v) is 17.6. The van der Waals surface area contributed by atoms with Crippen LogP contribution in [0.4, 0.5) is 17.6 Å². The zero-order chi connectivity index (χ0) is 75.4. The number of H-pyrrole nitrogens is 5. The maximum Gasteiger partial charge on any atom is 0.274 e. The molecule has 109 heavy (non-hydrogen) atoms. The Balaban J connectivity index is 0.000000116. The second kappa shape index (κ2) is 32.5. The van der Waals surface area contributed by atoms with Crippen molar-refractivity contribution >= 4 is 73.1 Å². The molecule has 0 radical (unpaired) electrons. The second-order valence-corrected chi connectivity index (χ2v) is 30.4. The van der Waals surface area contributed by atoms with Gasteiger partial charge in [-0.25, -0.2) is 17.6 Å². The Labute approximate surface area is 630 Å². The smallest absolute Gasteiger partial charge is 0.274 e. The second-order valence-electron chi connectivity index (χ2n) is 30.4. The lowest BCUT2D eigenvalue weighted by Gasteiger charge is -2.33. The minimum atomic E-state index is -0.234. The Bertz CT molecular complexity index is 5220. The summed E-state index contributed by atoms with van der Waals surface area (Å²) in [5.74, 6) is 0.868. The highest BCUT2D eigenvalue weighted by atomic mass is 19.1. The summed E-state index contributed by atoms with van der Waals surface area (Å²) >= 11 is 0. The molecule has 23 heteroatoms. The normalized spacial score (nSPS) is 17.8. The molecule has 566 valence electrons. The molecule has 1 unspecified atom stereocenters. The zero-order valence-electron chi connectivity index (χ0n) is 62.0. The molecule has 6 fully saturated rings. The summed E-state index contributed by atoms with van der Waals surface area (Å²) in [6, 6.07) is 37.3. The number of aromatic amines is 5. The molecule has 5 aliphatic heterocycles. The highest BCUT2D eigenvalue weighted by Gasteiger charge is 2.41. The first kappa shape index (κ1) is 73.5. The van der Waals surface area contributed by atoms with Crippen LogP contribution in [-0.4, -0.2) is 163 Å². The van der Waals surface area contributed by atoms with Crippen LogP contribution in [0.25, 0.3) is 54.9 Å². The minimum absolute atomic E-state index is 0.00282. The predicted octanol–water partition coefficient (Wildman–Crippen LogP) is 16.2. The summed E-state index contributed by atoms with van der Waals surface area (Å²) in [7, 11) is 3.71. The van der Waals surface area contributed by atoms with Crippen LogP contribution < -0.4 is 0 Å². The number of rotatable bonds is 12. The van der Waals surface area contributed by atoms with E-state index in [0.717, 1.165) is 169 Å². The molecule has 5 saturated heterocycles. The highest BCUT2D eigenvalue weighted by molar-refractivity contribution is 5.95. The van der Waals surface area contributed by atoms with Gasteiger partial charge in [0.2, 0.25) is 11.8 Å². The third-order valence-corrected chi connectivity index (χ3v) is 23.6. The Kier molecular flexibility index (Phi) is 21.9. The zero-order valence-corrected chi connectivity index (χ0v) is 62.0. The Morgan fingerprint density at radius 1 is 0.477 bits per heavy atom. The average molecular weight is 1480 g/mol. The van der Waals surface area contributed by atoms with Gasteiger partial charge < -0.3 is 49.0 Å². The Morgan fingerprint density at radius 2 is 0.899 bits per heavy atom. The van der Waals surface area contributed by atoms with Crippen molar-refractivity contribution in [3.8, 4) is 11.3 Å². The maximum atomic E-state index is 13.5. The fraction of sp³-hybridized carbons (Fsp3) is 0.384. The number of hydrogen-bond acceptors (Lipinski definition) is 7. The van der Waals surface area contributed by atoms with Crippen LogP contribution in [0.1, 0.15) is 180 Å². The topological polar surface area (TPSA) is 216 Å². The SMILES string of the molecule is CCCc1cc(C(=O)N2CCC(c3c[nH]c4cc(F)ccc34)CC2)n[nH]1.Cn1cccc1C(=O)N1CCC(c2c[nH]c3cc(F)ccc23)CC1.Cn1nc(-c2ccccc2)cc1C(=O)N1CCC(c2c[nH]c3cc(F)ccc23)CC1.O=C(C1CC(=O)N(C2CCCC2)C1)N1CCC(c2c[nH]c3cc(F)ccc23)CC1. The van der Waals surface area contributed by atoms with E-state index in [4.69, 9.17) is 0 Å². The van der Waals surface area contributed by atoms with E-state index in [1.54, 1.807) is 4.68 Å². The molecule has 5 amide bonds. The Hall–Kier alpha value is -11.0. The lowest BCUT2D eigenvalue weighted by molar-refractivity contribution is -0.136. The molecule has 1 aliphatic carbocycles. The first-order chi connectivity index (χ1) is 53.0. The number of benzene rings is 5. The van der Waals surface area contributed by atoms with Crippen molar-refractivity contribution in [2.45, 2.75) is 133 Å². The van der Waals surface area contributed by atoms with Gasteiger partial charge in [0, 0.05) is 171 Å². The van der Waals surface area contributed by atoms with E-state index in [0.29, 0.717) is 80.2 Å². The summed E-state index contributed by atoms with van der Waals surface area (Å²) in [5, 5.41) is 16.0. The largest absolute Gasteiger partial charge is 0.361 e. The number of halogens is 4. The molecule has 5 aromatic carbocycles. The van der Waals surface area contributed by atoms with Crippen LogP contribution in [0.2, 0.25) is 0 Å². The minimum Gasteiger partial charge on any atom is -0.361 e. The number of aromatic nitrogens is 9. The highest BCUT2D eigenvalue weighted by Crippen LogP contribution is 2.40. The molecule has 5 N–H and O–H groups in total. The van der Waals surface area contributed by atoms with Crippen LogP contribution in [0.15, 0.2) is 158 Å². The number of nitrogens with zero attached hydrogens (tertiary/aromatic N) is 9.